The molecule has 184 valence electrons. The maximum atomic E-state index is 13.6. The maximum Gasteiger partial charge on any atom is 0.248 e. The highest BCUT2D eigenvalue weighted by molar-refractivity contribution is 5.90. The van der Waals surface area contributed by atoms with Crippen LogP contribution >= 0.6 is 0 Å². The molecule has 0 bridgehead atoms. The number of carbonyl (C=O) groups is 3. The van der Waals surface area contributed by atoms with Crippen molar-refractivity contribution in [2.45, 2.75) is 45.4 Å². The number of aliphatic hydroxyl groups excluding tert-OH is 1. The summed E-state index contributed by atoms with van der Waals surface area (Å²) >= 11 is 0. The molecular formula is C23H33N7O4. The Bertz CT molecular complexity index is 1050. The van der Waals surface area contributed by atoms with Crippen LogP contribution in [0.4, 0.5) is 5.69 Å². The molecule has 0 aliphatic carbocycles. The van der Waals surface area contributed by atoms with Crippen molar-refractivity contribution in [1.82, 2.24) is 30.5 Å². The second kappa shape index (κ2) is 10.2. The van der Waals surface area contributed by atoms with Gasteiger partial charge in [-0.2, -0.15) is 0 Å². The van der Waals surface area contributed by atoms with Crippen molar-refractivity contribution in [3.63, 3.8) is 0 Å². The number of rotatable bonds is 7. The van der Waals surface area contributed by atoms with Crippen LogP contribution in [0, 0.1) is 5.41 Å². The Labute approximate surface area is 198 Å². The number of likely N-dealkylation sites (tertiary alicyclic amines) is 1. The molecule has 11 heteroatoms. The molecule has 3 rings (SSSR count). The molecule has 2 aromatic rings. The number of likely N-dealkylation sites (N-methyl/N-ethyl adjacent to an activating group) is 2. The molecule has 1 aromatic carbocycles. The zero-order valence-electron chi connectivity index (χ0n) is 20.2. The molecule has 1 aromatic heterocycles. The SMILES string of the molecule is CNC(=O)CNc1cccc(-c2cn([C@H](C(=O)N3C[C@H](O)C[C@H]3C(=O)NC)C(C)(C)C)nn2)c1. The van der Waals surface area contributed by atoms with Crippen molar-refractivity contribution in [2.24, 2.45) is 5.41 Å². The average molecular weight is 472 g/mol. The first kappa shape index (κ1) is 25.2. The Morgan fingerprint density at radius 3 is 2.59 bits per heavy atom. The van der Waals surface area contributed by atoms with Crippen LogP contribution in [0.2, 0.25) is 0 Å². The van der Waals surface area contributed by atoms with E-state index in [0.717, 1.165) is 11.3 Å². The average Bonchev–Trinajstić information content (AvgIpc) is 3.43. The van der Waals surface area contributed by atoms with E-state index in [1.54, 1.807) is 13.2 Å². The maximum absolute atomic E-state index is 13.6. The van der Waals surface area contributed by atoms with E-state index in [4.69, 9.17) is 0 Å². The Morgan fingerprint density at radius 1 is 1.21 bits per heavy atom. The number of aliphatic hydroxyl groups is 1. The summed E-state index contributed by atoms with van der Waals surface area (Å²) in [5.41, 5.74) is 1.54. The lowest BCUT2D eigenvalue weighted by Crippen LogP contribution is -2.49. The van der Waals surface area contributed by atoms with Crippen LogP contribution in [0.25, 0.3) is 11.3 Å². The number of amides is 3. The lowest BCUT2D eigenvalue weighted by molar-refractivity contribution is -0.144. The van der Waals surface area contributed by atoms with Gasteiger partial charge in [-0.25, -0.2) is 4.68 Å². The van der Waals surface area contributed by atoms with Gasteiger partial charge in [-0.15, -0.1) is 5.10 Å². The van der Waals surface area contributed by atoms with Crippen LogP contribution in [0.15, 0.2) is 30.5 Å². The van der Waals surface area contributed by atoms with Gasteiger partial charge in [0.15, 0.2) is 0 Å². The van der Waals surface area contributed by atoms with E-state index < -0.39 is 23.6 Å². The summed E-state index contributed by atoms with van der Waals surface area (Å²) in [7, 11) is 3.09. The van der Waals surface area contributed by atoms with Gasteiger partial charge in [0.2, 0.25) is 17.7 Å². The first-order valence-electron chi connectivity index (χ1n) is 11.2. The molecule has 1 fully saturated rings. The highest BCUT2D eigenvalue weighted by atomic mass is 16.3. The van der Waals surface area contributed by atoms with E-state index in [0.29, 0.717) is 5.69 Å². The van der Waals surface area contributed by atoms with Gasteiger partial charge in [0.05, 0.1) is 18.8 Å². The van der Waals surface area contributed by atoms with E-state index in [1.165, 1.54) is 16.6 Å². The normalized spacial score (nSPS) is 18.9. The molecule has 1 aliphatic heterocycles. The van der Waals surface area contributed by atoms with Crippen molar-refractivity contribution >= 4 is 23.4 Å². The molecule has 11 nitrogen and oxygen atoms in total. The molecule has 1 saturated heterocycles. The Morgan fingerprint density at radius 2 is 1.94 bits per heavy atom. The molecule has 34 heavy (non-hydrogen) atoms. The Kier molecular flexibility index (Phi) is 7.55. The minimum Gasteiger partial charge on any atom is -0.391 e. The minimum absolute atomic E-state index is 0.0874. The summed E-state index contributed by atoms with van der Waals surface area (Å²) in [5.74, 6) is -0.738. The van der Waals surface area contributed by atoms with Gasteiger partial charge in [-0.3, -0.25) is 14.4 Å². The molecule has 0 unspecified atom stereocenters. The molecule has 1 aliphatic rings. The second-order valence-corrected chi connectivity index (χ2v) is 9.47. The number of carbonyl (C=O) groups excluding carboxylic acids is 3. The summed E-state index contributed by atoms with van der Waals surface area (Å²) in [5, 5.41) is 26.9. The zero-order chi connectivity index (χ0) is 25.0. The fraction of sp³-hybridized carbons (Fsp3) is 0.522. The summed E-state index contributed by atoms with van der Waals surface area (Å²) in [6, 6.07) is 5.93. The first-order valence-corrected chi connectivity index (χ1v) is 11.2. The van der Waals surface area contributed by atoms with Crippen molar-refractivity contribution in [3.05, 3.63) is 30.5 Å². The summed E-state index contributed by atoms with van der Waals surface area (Å²) in [4.78, 5) is 38.9. The number of hydrogen-bond acceptors (Lipinski definition) is 7. The van der Waals surface area contributed by atoms with Crippen LogP contribution in [0.1, 0.15) is 33.2 Å². The van der Waals surface area contributed by atoms with E-state index in [2.05, 4.69) is 26.3 Å². The Hall–Kier alpha value is -3.47. The molecule has 0 radical (unpaired) electrons. The van der Waals surface area contributed by atoms with Crippen LogP contribution in [0.5, 0.6) is 0 Å². The monoisotopic (exact) mass is 471 g/mol. The van der Waals surface area contributed by atoms with Gasteiger partial charge < -0.3 is 26.0 Å². The van der Waals surface area contributed by atoms with Gasteiger partial charge >= 0.3 is 0 Å². The van der Waals surface area contributed by atoms with Crippen LogP contribution in [-0.2, 0) is 14.4 Å². The standard InChI is InChI=1S/C23H33N7O4/c1-23(2,3)20(22(34)29-12-16(31)10-18(29)21(33)25-5)30-13-17(27-28-30)14-7-6-8-15(9-14)26-11-19(32)24-4/h6-9,13,16,18,20,26,31H,10-12H2,1-5H3,(H,24,32)(H,25,33)/t16-,18+,20-/m1/s1. The van der Waals surface area contributed by atoms with E-state index in [-0.39, 0.29) is 37.2 Å². The van der Waals surface area contributed by atoms with Gasteiger partial charge in [0.25, 0.3) is 0 Å². The summed E-state index contributed by atoms with van der Waals surface area (Å²) in [6.07, 6.45) is 1.14. The predicted molar refractivity (Wildman–Crippen MR) is 127 cm³/mol. The Balaban J connectivity index is 1.88. The number of aromatic nitrogens is 3. The number of benzene rings is 1. The summed E-state index contributed by atoms with van der Waals surface area (Å²) in [6.45, 7) is 5.98. The fourth-order valence-electron chi connectivity index (χ4n) is 4.10. The van der Waals surface area contributed by atoms with Crippen molar-refractivity contribution < 1.29 is 19.5 Å². The van der Waals surface area contributed by atoms with E-state index in [9.17, 15) is 19.5 Å². The topological polar surface area (TPSA) is 141 Å². The third-order valence-electron chi connectivity index (χ3n) is 5.83. The van der Waals surface area contributed by atoms with Crippen LogP contribution in [0.3, 0.4) is 0 Å². The van der Waals surface area contributed by atoms with Crippen LogP contribution < -0.4 is 16.0 Å². The number of β-amino-alcohol motifs (C(OH)–C–C–N with tert-alkyl or cyclic N) is 1. The highest BCUT2D eigenvalue weighted by Gasteiger charge is 2.45. The number of anilines is 1. The second-order valence-electron chi connectivity index (χ2n) is 9.47. The van der Waals surface area contributed by atoms with Crippen LogP contribution in [-0.4, -0.2) is 82.1 Å². The quantitative estimate of drug-likeness (QED) is 0.458. The lowest BCUT2D eigenvalue weighted by Gasteiger charge is -2.34. The van der Waals surface area contributed by atoms with Crippen molar-refractivity contribution in [3.8, 4) is 11.3 Å². The predicted octanol–water partition coefficient (Wildman–Crippen LogP) is 0.398. The molecular weight excluding hydrogens is 438 g/mol. The van der Waals surface area contributed by atoms with Gasteiger partial charge in [-0.1, -0.05) is 38.1 Å². The third kappa shape index (κ3) is 5.53. The molecule has 3 amide bonds. The summed E-state index contributed by atoms with van der Waals surface area (Å²) < 4.78 is 1.52. The third-order valence-corrected chi connectivity index (χ3v) is 5.83. The van der Waals surface area contributed by atoms with Gasteiger partial charge in [-0.05, 0) is 17.5 Å². The van der Waals surface area contributed by atoms with Crippen molar-refractivity contribution in [1.29, 1.82) is 0 Å². The molecule has 0 spiro atoms. The zero-order valence-corrected chi connectivity index (χ0v) is 20.2. The largest absolute Gasteiger partial charge is 0.391 e. The number of hydrogen-bond donors (Lipinski definition) is 4. The van der Waals surface area contributed by atoms with Crippen molar-refractivity contribution in [2.75, 3.05) is 32.5 Å². The molecule has 4 N–H and O–H groups in total. The first-order chi connectivity index (χ1) is 16.0. The smallest absolute Gasteiger partial charge is 0.248 e. The number of nitrogens with zero attached hydrogens (tertiary/aromatic N) is 4. The van der Waals surface area contributed by atoms with Gasteiger partial charge in [0.1, 0.15) is 17.8 Å². The van der Waals surface area contributed by atoms with E-state index in [1.807, 2.05) is 45.0 Å². The van der Waals surface area contributed by atoms with Gasteiger partial charge in [0, 0.05) is 38.3 Å². The molecule has 3 atom stereocenters. The lowest BCUT2D eigenvalue weighted by atomic mass is 9.85. The highest BCUT2D eigenvalue weighted by Crippen LogP contribution is 2.35. The fourth-order valence-corrected chi connectivity index (χ4v) is 4.10. The number of nitrogens with one attached hydrogen (secondary N) is 3. The van der Waals surface area contributed by atoms with E-state index >= 15 is 0 Å². The minimum atomic E-state index is -0.761. The molecule has 0 saturated carbocycles. The molecule has 2 heterocycles.